The van der Waals surface area contributed by atoms with Gasteiger partial charge in [-0.15, -0.1) is 0 Å². The van der Waals surface area contributed by atoms with Gasteiger partial charge in [-0.3, -0.25) is 4.79 Å². The van der Waals surface area contributed by atoms with E-state index < -0.39 is 11.6 Å². The summed E-state index contributed by atoms with van der Waals surface area (Å²) in [7, 11) is 0. The second-order valence-corrected chi connectivity index (χ2v) is 4.49. The Bertz CT molecular complexity index is 871. The minimum absolute atomic E-state index is 0.157. The second-order valence-electron chi connectivity index (χ2n) is 4.49. The van der Waals surface area contributed by atoms with Gasteiger partial charge in [0.15, 0.2) is 0 Å². The highest BCUT2D eigenvalue weighted by molar-refractivity contribution is 5.79. The molecule has 0 aliphatic carbocycles. The zero-order valence-electron chi connectivity index (χ0n) is 10.6. The van der Waals surface area contributed by atoms with Crippen LogP contribution in [-0.4, -0.2) is 9.97 Å². The van der Waals surface area contributed by atoms with Crippen LogP contribution in [0.25, 0.3) is 22.3 Å². The quantitative estimate of drug-likeness (QED) is 0.739. The molecule has 3 rings (SSSR count). The maximum atomic E-state index is 13.6. The van der Waals surface area contributed by atoms with Crippen LogP contribution in [0.4, 0.5) is 8.78 Å². The van der Waals surface area contributed by atoms with Gasteiger partial charge in [0.2, 0.25) is 0 Å². The Hall–Kier alpha value is -2.56. The SMILES string of the molecule is Cc1c(F)cc(F)cc1-c1nc2ccccc2c(=O)[nH]1. The first-order valence-electron chi connectivity index (χ1n) is 6.01. The van der Waals surface area contributed by atoms with Crippen LogP contribution in [0.5, 0.6) is 0 Å². The first kappa shape index (κ1) is 12.5. The number of para-hydroxylation sites is 1. The van der Waals surface area contributed by atoms with Crippen LogP contribution in [0.2, 0.25) is 0 Å². The third-order valence-corrected chi connectivity index (χ3v) is 3.18. The average molecular weight is 272 g/mol. The monoisotopic (exact) mass is 272 g/mol. The molecule has 5 heteroatoms. The molecular weight excluding hydrogens is 262 g/mol. The van der Waals surface area contributed by atoms with Gasteiger partial charge in [-0.1, -0.05) is 12.1 Å². The zero-order chi connectivity index (χ0) is 14.3. The van der Waals surface area contributed by atoms with E-state index in [1.165, 1.54) is 6.92 Å². The number of hydrogen-bond acceptors (Lipinski definition) is 2. The van der Waals surface area contributed by atoms with Gasteiger partial charge < -0.3 is 4.98 Å². The Morgan fingerprint density at radius 3 is 2.70 bits per heavy atom. The molecule has 0 bridgehead atoms. The molecule has 1 aromatic heterocycles. The van der Waals surface area contributed by atoms with E-state index in [9.17, 15) is 13.6 Å². The molecule has 1 heterocycles. The Morgan fingerprint density at radius 1 is 1.15 bits per heavy atom. The molecule has 0 atom stereocenters. The third kappa shape index (κ3) is 1.97. The Kier molecular flexibility index (Phi) is 2.82. The molecule has 0 aliphatic heterocycles. The van der Waals surface area contributed by atoms with Crippen molar-refractivity contribution in [2.45, 2.75) is 6.92 Å². The van der Waals surface area contributed by atoms with Crippen LogP contribution < -0.4 is 5.56 Å². The van der Waals surface area contributed by atoms with E-state index in [0.717, 1.165) is 12.1 Å². The van der Waals surface area contributed by atoms with Crippen molar-refractivity contribution in [3.05, 3.63) is 63.9 Å². The number of nitrogens with zero attached hydrogens (tertiary/aromatic N) is 1. The number of hydrogen-bond donors (Lipinski definition) is 1. The summed E-state index contributed by atoms with van der Waals surface area (Å²) < 4.78 is 26.9. The minimum atomic E-state index is -0.709. The number of benzene rings is 2. The minimum Gasteiger partial charge on any atom is -0.306 e. The fourth-order valence-corrected chi connectivity index (χ4v) is 2.11. The Balaban J connectivity index is 2.33. The van der Waals surface area contributed by atoms with Crippen molar-refractivity contribution in [1.82, 2.24) is 9.97 Å². The molecule has 0 aliphatic rings. The van der Waals surface area contributed by atoms with E-state index in [2.05, 4.69) is 9.97 Å². The summed E-state index contributed by atoms with van der Waals surface area (Å²) in [6.07, 6.45) is 0. The van der Waals surface area contributed by atoms with Crippen molar-refractivity contribution in [2.24, 2.45) is 0 Å². The highest BCUT2D eigenvalue weighted by Crippen LogP contribution is 2.23. The van der Waals surface area contributed by atoms with Gasteiger partial charge in [0, 0.05) is 11.6 Å². The molecule has 0 saturated carbocycles. The summed E-state index contributed by atoms with van der Waals surface area (Å²) in [5.74, 6) is -1.22. The van der Waals surface area contributed by atoms with Crippen molar-refractivity contribution in [3.8, 4) is 11.4 Å². The molecule has 1 N–H and O–H groups in total. The second kappa shape index (κ2) is 4.52. The van der Waals surface area contributed by atoms with Crippen molar-refractivity contribution in [3.63, 3.8) is 0 Å². The normalized spacial score (nSPS) is 10.9. The molecule has 0 saturated heterocycles. The van der Waals surface area contributed by atoms with Gasteiger partial charge in [0.25, 0.3) is 5.56 Å². The lowest BCUT2D eigenvalue weighted by Crippen LogP contribution is -2.10. The summed E-state index contributed by atoms with van der Waals surface area (Å²) in [6, 6.07) is 8.76. The molecule has 0 unspecified atom stereocenters. The lowest BCUT2D eigenvalue weighted by atomic mass is 10.1. The predicted molar refractivity (Wildman–Crippen MR) is 72.5 cm³/mol. The maximum absolute atomic E-state index is 13.6. The zero-order valence-corrected chi connectivity index (χ0v) is 10.6. The smallest absolute Gasteiger partial charge is 0.259 e. The molecule has 0 spiro atoms. The van der Waals surface area contributed by atoms with Crippen LogP contribution in [0, 0.1) is 18.6 Å². The van der Waals surface area contributed by atoms with Crippen LogP contribution in [0.15, 0.2) is 41.2 Å². The van der Waals surface area contributed by atoms with E-state index in [1.54, 1.807) is 24.3 Å². The summed E-state index contributed by atoms with van der Waals surface area (Å²) in [4.78, 5) is 18.8. The number of aromatic nitrogens is 2. The number of aromatic amines is 1. The number of fused-ring (bicyclic) bond motifs is 1. The molecule has 20 heavy (non-hydrogen) atoms. The van der Waals surface area contributed by atoms with E-state index in [4.69, 9.17) is 0 Å². The lowest BCUT2D eigenvalue weighted by molar-refractivity contribution is 0.578. The van der Waals surface area contributed by atoms with Crippen LogP contribution in [-0.2, 0) is 0 Å². The molecule has 0 fully saturated rings. The molecule has 3 aromatic rings. The number of rotatable bonds is 1. The van der Waals surface area contributed by atoms with Crippen molar-refractivity contribution in [1.29, 1.82) is 0 Å². The first-order valence-corrected chi connectivity index (χ1v) is 6.01. The number of halogens is 2. The molecule has 0 amide bonds. The molecule has 0 radical (unpaired) electrons. The van der Waals surface area contributed by atoms with Crippen molar-refractivity contribution >= 4 is 10.9 Å². The first-order chi connectivity index (χ1) is 9.56. The predicted octanol–water partition coefficient (Wildman–Crippen LogP) is 3.18. The van der Waals surface area contributed by atoms with E-state index in [1.807, 2.05) is 0 Å². The largest absolute Gasteiger partial charge is 0.306 e. The van der Waals surface area contributed by atoms with Gasteiger partial charge in [-0.25, -0.2) is 13.8 Å². The van der Waals surface area contributed by atoms with Crippen molar-refractivity contribution < 1.29 is 8.78 Å². The van der Waals surface area contributed by atoms with E-state index >= 15 is 0 Å². The molecule has 2 aromatic carbocycles. The van der Waals surface area contributed by atoms with Crippen LogP contribution in [0.3, 0.4) is 0 Å². The van der Waals surface area contributed by atoms with E-state index in [-0.39, 0.29) is 22.5 Å². The highest BCUT2D eigenvalue weighted by atomic mass is 19.1. The third-order valence-electron chi connectivity index (χ3n) is 3.18. The van der Waals surface area contributed by atoms with Crippen LogP contribution >= 0.6 is 0 Å². The standard InChI is InChI=1S/C15H10F2N2O/c1-8-11(6-9(16)7-12(8)17)14-18-13-5-3-2-4-10(13)15(20)19-14/h2-7H,1H3,(H,18,19,20). The highest BCUT2D eigenvalue weighted by Gasteiger charge is 2.12. The average Bonchev–Trinajstić information content (AvgIpc) is 2.43. The maximum Gasteiger partial charge on any atom is 0.259 e. The topological polar surface area (TPSA) is 45.8 Å². The molecule has 3 nitrogen and oxygen atoms in total. The summed E-state index contributed by atoms with van der Waals surface area (Å²) in [6.45, 7) is 1.51. The van der Waals surface area contributed by atoms with Gasteiger partial charge in [-0.05, 0) is 30.7 Å². The Morgan fingerprint density at radius 2 is 1.90 bits per heavy atom. The molecular formula is C15H10F2N2O. The summed E-state index contributed by atoms with van der Waals surface area (Å²) in [5.41, 5.74) is 0.625. The number of H-pyrrole nitrogens is 1. The lowest BCUT2D eigenvalue weighted by Gasteiger charge is -2.07. The van der Waals surface area contributed by atoms with Gasteiger partial charge in [0.05, 0.1) is 10.9 Å². The van der Waals surface area contributed by atoms with Gasteiger partial charge in [-0.2, -0.15) is 0 Å². The van der Waals surface area contributed by atoms with Gasteiger partial charge >= 0.3 is 0 Å². The van der Waals surface area contributed by atoms with E-state index in [0.29, 0.717) is 10.9 Å². The summed E-state index contributed by atoms with van der Waals surface area (Å²) >= 11 is 0. The Labute approximate surface area is 112 Å². The fourth-order valence-electron chi connectivity index (χ4n) is 2.11. The van der Waals surface area contributed by atoms with Crippen LogP contribution in [0.1, 0.15) is 5.56 Å². The van der Waals surface area contributed by atoms with Gasteiger partial charge in [0.1, 0.15) is 17.5 Å². The fraction of sp³-hybridized carbons (Fsp3) is 0.0667. The summed E-state index contributed by atoms with van der Waals surface area (Å²) in [5, 5.41) is 0.436. The molecule has 100 valence electrons. The van der Waals surface area contributed by atoms with Crippen molar-refractivity contribution in [2.75, 3.05) is 0 Å². The number of nitrogens with one attached hydrogen (secondary N) is 1.